The van der Waals surface area contributed by atoms with Crippen LogP contribution in [-0.2, 0) is 6.54 Å². The van der Waals surface area contributed by atoms with Crippen molar-refractivity contribution in [1.82, 2.24) is 4.57 Å². The molecular formula is C7H7ClN2O3. The molecule has 5 nitrogen and oxygen atoms in total. The molecular weight excluding hydrogens is 196 g/mol. The van der Waals surface area contributed by atoms with Crippen LogP contribution >= 0.6 is 11.6 Å². The van der Waals surface area contributed by atoms with E-state index in [1.165, 1.54) is 10.8 Å². The maximum atomic E-state index is 11.3. The molecule has 0 unspecified atom stereocenters. The minimum absolute atomic E-state index is 0.188. The number of aromatic nitrogens is 1. The molecule has 0 N–H and O–H groups in total. The molecule has 0 aliphatic heterocycles. The van der Waals surface area contributed by atoms with E-state index >= 15 is 0 Å². The Morgan fingerprint density at radius 1 is 1.69 bits per heavy atom. The summed E-state index contributed by atoms with van der Waals surface area (Å²) in [6, 6.07) is 1.05. The fourth-order valence-electron chi connectivity index (χ4n) is 0.950. The molecule has 0 aliphatic carbocycles. The number of rotatable bonds is 2. The average Bonchev–Trinajstić information content (AvgIpc) is 2.08. The molecule has 1 heterocycles. The molecule has 1 aromatic rings. The lowest BCUT2D eigenvalue weighted by Crippen LogP contribution is -2.21. The van der Waals surface area contributed by atoms with E-state index in [-0.39, 0.29) is 5.02 Å². The van der Waals surface area contributed by atoms with Gasteiger partial charge in [0, 0.05) is 18.8 Å². The van der Waals surface area contributed by atoms with Gasteiger partial charge in [0.05, 0.1) is 9.95 Å². The van der Waals surface area contributed by atoms with Gasteiger partial charge in [0.25, 0.3) is 0 Å². The second-order valence-corrected chi connectivity index (χ2v) is 2.83. The third-order valence-electron chi connectivity index (χ3n) is 1.57. The van der Waals surface area contributed by atoms with Crippen LogP contribution in [0.3, 0.4) is 0 Å². The molecule has 0 bridgehead atoms. The van der Waals surface area contributed by atoms with Gasteiger partial charge in [-0.15, -0.1) is 0 Å². The smallest absolute Gasteiger partial charge is 0.308 e. The fraction of sp³-hybridized carbons (Fsp3) is 0.286. The van der Waals surface area contributed by atoms with Gasteiger partial charge >= 0.3 is 11.2 Å². The lowest BCUT2D eigenvalue weighted by molar-refractivity contribution is -0.386. The molecule has 0 radical (unpaired) electrons. The molecule has 1 aromatic heterocycles. The van der Waals surface area contributed by atoms with Crippen molar-refractivity contribution < 1.29 is 4.92 Å². The molecule has 0 aliphatic rings. The monoisotopic (exact) mass is 202 g/mol. The summed E-state index contributed by atoms with van der Waals surface area (Å²) in [6.07, 6.45) is 1.37. The van der Waals surface area contributed by atoms with Crippen LogP contribution in [0, 0.1) is 10.1 Å². The summed E-state index contributed by atoms with van der Waals surface area (Å²) < 4.78 is 1.19. The number of nitro groups is 1. The van der Waals surface area contributed by atoms with Gasteiger partial charge in [0.2, 0.25) is 0 Å². The summed E-state index contributed by atoms with van der Waals surface area (Å²) in [5.74, 6) is 0. The topological polar surface area (TPSA) is 65.1 Å². The highest BCUT2D eigenvalue weighted by atomic mass is 35.5. The van der Waals surface area contributed by atoms with Gasteiger partial charge in [-0.1, -0.05) is 11.6 Å². The zero-order chi connectivity index (χ0) is 10.0. The first-order chi connectivity index (χ1) is 6.06. The summed E-state index contributed by atoms with van der Waals surface area (Å²) in [7, 11) is 0. The number of aryl methyl sites for hydroxylation is 1. The predicted octanol–water partition coefficient (Wildman–Crippen LogP) is 1.43. The van der Waals surface area contributed by atoms with Crippen LogP contribution < -0.4 is 5.56 Å². The van der Waals surface area contributed by atoms with Crippen LogP contribution in [0.1, 0.15) is 6.92 Å². The van der Waals surface area contributed by atoms with Crippen molar-refractivity contribution in [3.05, 3.63) is 37.8 Å². The number of nitrogens with zero attached hydrogens (tertiary/aromatic N) is 2. The zero-order valence-corrected chi connectivity index (χ0v) is 7.61. The molecule has 0 amide bonds. The van der Waals surface area contributed by atoms with E-state index in [1.54, 1.807) is 6.92 Å². The Morgan fingerprint density at radius 3 is 2.77 bits per heavy atom. The van der Waals surface area contributed by atoms with Gasteiger partial charge in [-0.3, -0.25) is 14.9 Å². The van der Waals surface area contributed by atoms with E-state index in [0.29, 0.717) is 6.54 Å². The molecule has 0 saturated heterocycles. The van der Waals surface area contributed by atoms with Crippen molar-refractivity contribution >= 4 is 17.3 Å². The van der Waals surface area contributed by atoms with E-state index in [1.807, 2.05) is 0 Å². The maximum Gasteiger partial charge on any atom is 0.335 e. The van der Waals surface area contributed by atoms with E-state index in [2.05, 4.69) is 0 Å². The lowest BCUT2D eigenvalue weighted by atomic mass is 10.4. The molecule has 6 heteroatoms. The molecule has 1 rings (SSSR count). The van der Waals surface area contributed by atoms with Crippen LogP contribution in [0.2, 0.25) is 5.02 Å². The Bertz CT molecular complexity index is 399. The fourth-order valence-corrected chi connectivity index (χ4v) is 1.17. The highest BCUT2D eigenvalue weighted by molar-refractivity contribution is 6.30. The van der Waals surface area contributed by atoms with Crippen LogP contribution in [0.4, 0.5) is 5.69 Å². The largest absolute Gasteiger partial charge is 0.335 e. The first-order valence-electron chi connectivity index (χ1n) is 3.60. The van der Waals surface area contributed by atoms with Crippen molar-refractivity contribution in [2.75, 3.05) is 0 Å². The van der Waals surface area contributed by atoms with Gasteiger partial charge in [0.1, 0.15) is 0 Å². The average molecular weight is 203 g/mol. The summed E-state index contributed by atoms with van der Waals surface area (Å²) in [6.45, 7) is 2.07. The van der Waals surface area contributed by atoms with Crippen LogP contribution in [0.5, 0.6) is 0 Å². The second-order valence-electron chi connectivity index (χ2n) is 2.39. The Morgan fingerprint density at radius 2 is 2.31 bits per heavy atom. The Balaban J connectivity index is 3.45. The maximum absolute atomic E-state index is 11.3. The summed E-state index contributed by atoms with van der Waals surface area (Å²) >= 11 is 5.58. The second kappa shape index (κ2) is 3.57. The van der Waals surface area contributed by atoms with Crippen molar-refractivity contribution in [2.45, 2.75) is 13.5 Å². The zero-order valence-electron chi connectivity index (χ0n) is 6.86. The van der Waals surface area contributed by atoms with Crippen molar-refractivity contribution in [3.8, 4) is 0 Å². The Kier molecular flexibility index (Phi) is 2.67. The normalized spacial score (nSPS) is 10.0. The van der Waals surface area contributed by atoms with E-state index in [4.69, 9.17) is 11.6 Å². The highest BCUT2D eigenvalue weighted by Crippen LogP contribution is 2.12. The van der Waals surface area contributed by atoms with E-state index in [9.17, 15) is 14.9 Å². The van der Waals surface area contributed by atoms with Crippen molar-refractivity contribution in [3.63, 3.8) is 0 Å². The summed E-state index contributed by atoms with van der Waals surface area (Å²) in [5, 5.41) is 10.6. The first-order valence-corrected chi connectivity index (χ1v) is 3.98. The molecule has 0 atom stereocenters. The molecule has 0 saturated carbocycles. The summed E-state index contributed by atoms with van der Waals surface area (Å²) in [5.41, 5.74) is -1.12. The third kappa shape index (κ3) is 1.86. The molecule has 0 aromatic carbocycles. The minimum atomic E-state index is -0.736. The molecule has 13 heavy (non-hydrogen) atoms. The van der Waals surface area contributed by atoms with Gasteiger partial charge in [-0.05, 0) is 6.92 Å². The number of hydrogen-bond acceptors (Lipinski definition) is 3. The Hall–Kier alpha value is -1.36. The molecule has 70 valence electrons. The van der Waals surface area contributed by atoms with E-state index in [0.717, 1.165) is 6.07 Å². The Labute approximate surface area is 78.7 Å². The SMILES string of the molecule is CCn1cc(Cl)cc([N+](=O)[O-])c1=O. The lowest BCUT2D eigenvalue weighted by Gasteiger charge is -2.00. The first kappa shape index (κ1) is 9.73. The molecule has 0 fully saturated rings. The van der Waals surface area contributed by atoms with E-state index < -0.39 is 16.2 Å². The summed E-state index contributed by atoms with van der Waals surface area (Å²) in [4.78, 5) is 20.9. The number of pyridine rings is 1. The predicted molar refractivity (Wildman–Crippen MR) is 48.0 cm³/mol. The van der Waals surface area contributed by atoms with Crippen molar-refractivity contribution in [1.29, 1.82) is 0 Å². The van der Waals surface area contributed by atoms with Gasteiger partial charge < -0.3 is 4.57 Å². The van der Waals surface area contributed by atoms with Crippen LogP contribution in [0.25, 0.3) is 0 Å². The van der Waals surface area contributed by atoms with Gasteiger partial charge in [0.15, 0.2) is 0 Å². The van der Waals surface area contributed by atoms with Gasteiger partial charge in [-0.25, -0.2) is 0 Å². The standard InChI is InChI=1S/C7H7ClN2O3/c1-2-9-4-5(8)3-6(7(9)11)10(12)13/h3-4H,2H2,1H3. The highest BCUT2D eigenvalue weighted by Gasteiger charge is 2.14. The van der Waals surface area contributed by atoms with Crippen LogP contribution in [-0.4, -0.2) is 9.49 Å². The van der Waals surface area contributed by atoms with Crippen molar-refractivity contribution in [2.24, 2.45) is 0 Å². The number of hydrogen-bond donors (Lipinski definition) is 0. The quantitative estimate of drug-likeness (QED) is 0.538. The van der Waals surface area contributed by atoms with Crippen LogP contribution in [0.15, 0.2) is 17.1 Å². The van der Waals surface area contributed by atoms with Gasteiger partial charge in [-0.2, -0.15) is 0 Å². The minimum Gasteiger partial charge on any atom is -0.308 e. The molecule has 0 spiro atoms. The number of halogens is 1. The third-order valence-corrected chi connectivity index (χ3v) is 1.78.